The minimum atomic E-state index is -0.587. The molecule has 0 aromatic heterocycles. The summed E-state index contributed by atoms with van der Waals surface area (Å²) < 4.78 is 5.24. The van der Waals surface area contributed by atoms with E-state index in [2.05, 4.69) is 5.32 Å². The van der Waals surface area contributed by atoms with Crippen molar-refractivity contribution >= 4 is 17.5 Å². The van der Waals surface area contributed by atoms with Crippen LogP contribution in [0.2, 0.25) is 0 Å². The Morgan fingerprint density at radius 1 is 1.44 bits per heavy atom. The largest absolute Gasteiger partial charge is 0.493 e. The van der Waals surface area contributed by atoms with Crippen LogP contribution in [-0.2, 0) is 4.79 Å². The highest BCUT2D eigenvalue weighted by Crippen LogP contribution is 2.22. The number of nitrogens with one attached hydrogen (secondary N) is 1. The lowest BCUT2D eigenvalue weighted by atomic mass is 10.1. The van der Waals surface area contributed by atoms with Gasteiger partial charge in [-0.1, -0.05) is 0 Å². The van der Waals surface area contributed by atoms with Crippen LogP contribution in [0.1, 0.15) is 24.2 Å². The summed E-state index contributed by atoms with van der Waals surface area (Å²) in [5, 5.41) is 2.57. The van der Waals surface area contributed by atoms with Gasteiger partial charge in [0.25, 0.3) is 5.91 Å². The van der Waals surface area contributed by atoms with Gasteiger partial charge in [0.15, 0.2) is 0 Å². The van der Waals surface area contributed by atoms with E-state index < -0.39 is 5.91 Å². The number of nitrogens with two attached hydrogens (primary N) is 1. The molecule has 86 valence electrons. The number of carbonyl (C=O) groups is 2. The lowest BCUT2D eigenvalue weighted by Crippen LogP contribution is -2.14. The minimum Gasteiger partial charge on any atom is -0.493 e. The monoisotopic (exact) mass is 222 g/mol. The van der Waals surface area contributed by atoms with Gasteiger partial charge in [-0.05, 0) is 25.1 Å². The second-order valence-electron chi connectivity index (χ2n) is 3.19. The standard InChI is InChI=1S/C11H14N2O3/c1-3-16-10-5-4-8(13-7(2)14)6-9(10)11(12)15/h4-6H,3H2,1-2H3,(H2,12,15)(H,13,14). The predicted octanol–water partition coefficient (Wildman–Crippen LogP) is 1.14. The molecule has 0 bridgehead atoms. The molecule has 0 unspecified atom stereocenters. The molecule has 0 heterocycles. The van der Waals surface area contributed by atoms with Crippen LogP contribution < -0.4 is 15.8 Å². The van der Waals surface area contributed by atoms with Gasteiger partial charge in [-0.25, -0.2) is 0 Å². The molecule has 1 aromatic carbocycles. The first-order chi connectivity index (χ1) is 7.54. The lowest BCUT2D eigenvalue weighted by molar-refractivity contribution is -0.114. The molecule has 0 atom stereocenters. The van der Waals surface area contributed by atoms with Crippen molar-refractivity contribution in [3.05, 3.63) is 23.8 Å². The fourth-order valence-corrected chi connectivity index (χ4v) is 1.28. The van der Waals surface area contributed by atoms with Gasteiger partial charge in [0, 0.05) is 12.6 Å². The number of rotatable bonds is 4. The van der Waals surface area contributed by atoms with Gasteiger partial charge in [-0.15, -0.1) is 0 Å². The van der Waals surface area contributed by atoms with Crippen LogP contribution in [0.5, 0.6) is 5.75 Å². The van der Waals surface area contributed by atoms with Crippen LogP contribution in [0.25, 0.3) is 0 Å². The minimum absolute atomic E-state index is 0.209. The molecule has 2 amide bonds. The molecule has 0 spiro atoms. The summed E-state index contributed by atoms with van der Waals surface area (Å²) in [5.41, 5.74) is 5.99. The summed E-state index contributed by atoms with van der Waals surface area (Å²) in [4.78, 5) is 22.0. The summed E-state index contributed by atoms with van der Waals surface area (Å²) >= 11 is 0. The Morgan fingerprint density at radius 2 is 2.12 bits per heavy atom. The Hall–Kier alpha value is -2.04. The highest BCUT2D eigenvalue weighted by Gasteiger charge is 2.10. The first-order valence-electron chi connectivity index (χ1n) is 4.88. The smallest absolute Gasteiger partial charge is 0.252 e. The number of primary amides is 1. The van der Waals surface area contributed by atoms with E-state index in [1.807, 2.05) is 6.92 Å². The van der Waals surface area contributed by atoms with Crippen LogP contribution in [-0.4, -0.2) is 18.4 Å². The molecule has 1 aromatic rings. The van der Waals surface area contributed by atoms with E-state index in [1.165, 1.54) is 13.0 Å². The molecule has 0 saturated carbocycles. The van der Waals surface area contributed by atoms with Gasteiger partial charge in [-0.2, -0.15) is 0 Å². The van der Waals surface area contributed by atoms with Crippen molar-refractivity contribution in [3.63, 3.8) is 0 Å². The Morgan fingerprint density at radius 3 is 2.62 bits per heavy atom. The molecule has 0 radical (unpaired) electrons. The van der Waals surface area contributed by atoms with E-state index >= 15 is 0 Å². The maximum atomic E-state index is 11.2. The molecule has 0 fully saturated rings. The number of benzene rings is 1. The Labute approximate surface area is 93.6 Å². The molecular weight excluding hydrogens is 208 g/mol. The van der Waals surface area contributed by atoms with Gasteiger partial charge in [0.1, 0.15) is 5.75 Å². The first kappa shape index (κ1) is 12.0. The topological polar surface area (TPSA) is 81.4 Å². The molecule has 0 saturated heterocycles. The highest BCUT2D eigenvalue weighted by atomic mass is 16.5. The zero-order valence-electron chi connectivity index (χ0n) is 9.24. The van der Waals surface area contributed by atoms with E-state index in [0.717, 1.165) is 0 Å². The first-order valence-corrected chi connectivity index (χ1v) is 4.88. The third-order valence-corrected chi connectivity index (χ3v) is 1.87. The van der Waals surface area contributed by atoms with Crippen LogP contribution in [0.4, 0.5) is 5.69 Å². The van der Waals surface area contributed by atoms with E-state index in [-0.39, 0.29) is 11.5 Å². The van der Waals surface area contributed by atoms with Crippen molar-refractivity contribution in [2.24, 2.45) is 5.73 Å². The molecule has 0 aliphatic heterocycles. The van der Waals surface area contributed by atoms with Gasteiger partial charge >= 0.3 is 0 Å². The van der Waals surface area contributed by atoms with Crippen LogP contribution >= 0.6 is 0 Å². The molecule has 16 heavy (non-hydrogen) atoms. The fourth-order valence-electron chi connectivity index (χ4n) is 1.28. The third kappa shape index (κ3) is 2.98. The van der Waals surface area contributed by atoms with Crippen molar-refractivity contribution in [1.82, 2.24) is 0 Å². The fraction of sp³-hybridized carbons (Fsp3) is 0.273. The third-order valence-electron chi connectivity index (χ3n) is 1.87. The zero-order valence-corrected chi connectivity index (χ0v) is 9.24. The molecule has 5 nitrogen and oxygen atoms in total. The number of amides is 2. The summed E-state index contributed by atoms with van der Waals surface area (Å²) in [6, 6.07) is 4.75. The van der Waals surface area contributed by atoms with Gasteiger partial charge in [0.2, 0.25) is 5.91 Å². The second-order valence-corrected chi connectivity index (χ2v) is 3.19. The normalized spacial score (nSPS) is 9.62. The summed E-state index contributed by atoms with van der Waals surface area (Å²) in [5.74, 6) is -0.376. The van der Waals surface area contributed by atoms with Crippen LogP contribution in [0.3, 0.4) is 0 Å². The van der Waals surface area contributed by atoms with Crippen molar-refractivity contribution in [2.45, 2.75) is 13.8 Å². The van der Waals surface area contributed by atoms with Crippen molar-refractivity contribution < 1.29 is 14.3 Å². The highest BCUT2D eigenvalue weighted by molar-refractivity contribution is 5.98. The molecule has 1 rings (SSSR count). The quantitative estimate of drug-likeness (QED) is 0.801. The van der Waals surface area contributed by atoms with E-state index in [0.29, 0.717) is 18.0 Å². The Bertz CT molecular complexity index is 416. The number of hydrogen-bond donors (Lipinski definition) is 2. The van der Waals surface area contributed by atoms with Gasteiger partial charge in [-0.3, -0.25) is 9.59 Å². The number of anilines is 1. The van der Waals surface area contributed by atoms with Gasteiger partial charge in [0.05, 0.1) is 12.2 Å². The number of hydrogen-bond acceptors (Lipinski definition) is 3. The Kier molecular flexibility index (Phi) is 3.88. The summed E-state index contributed by atoms with van der Waals surface area (Å²) in [7, 11) is 0. The predicted molar refractivity (Wildman–Crippen MR) is 60.4 cm³/mol. The molecule has 5 heteroatoms. The zero-order chi connectivity index (χ0) is 12.1. The van der Waals surface area contributed by atoms with E-state index in [1.54, 1.807) is 12.1 Å². The van der Waals surface area contributed by atoms with E-state index in [9.17, 15) is 9.59 Å². The average molecular weight is 222 g/mol. The maximum absolute atomic E-state index is 11.2. The van der Waals surface area contributed by atoms with Crippen molar-refractivity contribution in [1.29, 1.82) is 0 Å². The van der Waals surface area contributed by atoms with Gasteiger partial charge < -0.3 is 15.8 Å². The number of carbonyl (C=O) groups excluding carboxylic acids is 2. The van der Waals surface area contributed by atoms with Crippen LogP contribution in [0.15, 0.2) is 18.2 Å². The lowest BCUT2D eigenvalue weighted by Gasteiger charge is -2.09. The van der Waals surface area contributed by atoms with E-state index in [4.69, 9.17) is 10.5 Å². The molecule has 3 N–H and O–H groups in total. The van der Waals surface area contributed by atoms with Crippen molar-refractivity contribution in [3.8, 4) is 5.75 Å². The summed E-state index contributed by atoms with van der Waals surface area (Å²) in [6.07, 6.45) is 0. The second kappa shape index (κ2) is 5.16. The summed E-state index contributed by atoms with van der Waals surface area (Å²) in [6.45, 7) is 3.65. The maximum Gasteiger partial charge on any atom is 0.252 e. The molecule has 0 aliphatic rings. The molecule has 0 aliphatic carbocycles. The Balaban J connectivity index is 3.06. The van der Waals surface area contributed by atoms with Crippen LogP contribution in [0, 0.1) is 0 Å². The SMILES string of the molecule is CCOc1ccc(NC(C)=O)cc1C(N)=O. The molecular formula is C11H14N2O3. The van der Waals surface area contributed by atoms with Crippen molar-refractivity contribution in [2.75, 3.05) is 11.9 Å². The average Bonchev–Trinajstić information content (AvgIpc) is 2.19. The number of ether oxygens (including phenoxy) is 1.